The predicted molar refractivity (Wildman–Crippen MR) is 65.2 cm³/mol. The lowest BCUT2D eigenvalue weighted by Crippen LogP contribution is -2.35. The topological polar surface area (TPSA) is 91.0 Å². The van der Waals surface area contributed by atoms with Gasteiger partial charge >= 0.3 is 5.97 Å². The van der Waals surface area contributed by atoms with E-state index in [4.69, 9.17) is 25.1 Å². The normalized spacial score (nSPS) is 23.6. The van der Waals surface area contributed by atoms with E-state index in [-0.39, 0.29) is 19.0 Å². The van der Waals surface area contributed by atoms with Crippen LogP contribution in [0.2, 0.25) is 0 Å². The summed E-state index contributed by atoms with van der Waals surface area (Å²) in [6.45, 7) is 3.19. The Kier molecular flexibility index (Phi) is 7.19. The molecule has 3 atom stereocenters. The van der Waals surface area contributed by atoms with Crippen molar-refractivity contribution in [2.75, 3.05) is 19.8 Å². The largest absolute Gasteiger partial charge is 0.480 e. The summed E-state index contributed by atoms with van der Waals surface area (Å²) in [5.74, 6) is -1.05. The fraction of sp³-hybridized carbons (Fsp3) is 0.917. The van der Waals surface area contributed by atoms with Gasteiger partial charge in [0.25, 0.3) is 0 Å². The van der Waals surface area contributed by atoms with Gasteiger partial charge in [-0.1, -0.05) is 0 Å². The molecule has 0 saturated carbocycles. The van der Waals surface area contributed by atoms with E-state index in [9.17, 15) is 4.79 Å². The van der Waals surface area contributed by atoms with Crippen molar-refractivity contribution in [1.82, 2.24) is 0 Å². The van der Waals surface area contributed by atoms with Gasteiger partial charge in [-0.2, -0.15) is 0 Å². The highest BCUT2D eigenvalue weighted by Crippen LogP contribution is 2.16. The van der Waals surface area contributed by atoms with Crippen LogP contribution in [0.15, 0.2) is 0 Å². The minimum Gasteiger partial charge on any atom is -0.480 e. The van der Waals surface area contributed by atoms with Crippen LogP contribution < -0.4 is 5.73 Å². The standard InChI is InChI=1S/C12H23NO5/c1-9(18-11-4-2-3-6-17-11)5-7-16-8-10(13)12(14)15/h9-11H,2-8,13H2,1H3,(H,14,15)/t9-,10?,11?/m1/s1. The van der Waals surface area contributed by atoms with Gasteiger partial charge in [-0.05, 0) is 32.6 Å². The maximum absolute atomic E-state index is 10.4. The Morgan fingerprint density at radius 1 is 1.56 bits per heavy atom. The lowest BCUT2D eigenvalue weighted by Gasteiger charge is -2.26. The highest BCUT2D eigenvalue weighted by atomic mass is 16.7. The minimum atomic E-state index is -1.05. The van der Waals surface area contributed by atoms with E-state index in [0.717, 1.165) is 25.9 Å². The van der Waals surface area contributed by atoms with Crippen molar-refractivity contribution in [3.63, 3.8) is 0 Å². The third-order valence-corrected chi connectivity index (χ3v) is 2.81. The molecular formula is C12H23NO5. The molecule has 0 aliphatic carbocycles. The fourth-order valence-electron chi connectivity index (χ4n) is 1.68. The maximum Gasteiger partial charge on any atom is 0.322 e. The highest BCUT2D eigenvalue weighted by molar-refractivity contribution is 5.73. The third kappa shape index (κ3) is 6.30. The lowest BCUT2D eigenvalue weighted by molar-refractivity contribution is -0.187. The van der Waals surface area contributed by atoms with Crippen LogP contribution >= 0.6 is 0 Å². The molecular weight excluding hydrogens is 238 g/mol. The molecule has 18 heavy (non-hydrogen) atoms. The first-order chi connectivity index (χ1) is 8.59. The maximum atomic E-state index is 10.4. The van der Waals surface area contributed by atoms with Gasteiger partial charge in [0.1, 0.15) is 6.04 Å². The quantitative estimate of drug-likeness (QED) is 0.626. The van der Waals surface area contributed by atoms with E-state index in [1.54, 1.807) is 0 Å². The van der Waals surface area contributed by atoms with Crippen molar-refractivity contribution in [2.24, 2.45) is 5.73 Å². The Hall–Kier alpha value is -0.690. The molecule has 6 nitrogen and oxygen atoms in total. The highest BCUT2D eigenvalue weighted by Gasteiger charge is 2.17. The van der Waals surface area contributed by atoms with Gasteiger partial charge in [0.15, 0.2) is 6.29 Å². The first kappa shape index (κ1) is 15.4. The second-order valence-corrected chi connectivity index (χ2v) is 4.55. The Morgan fingerprint density at radius 2 is 2.33 bits per heavy atom. The second-order valence-electron chi connectivity index (χ2n) is 4.55. The van der Waals surface area contributed by atoms with Gasteiger partial charge in [-0.15, -0.1) is 0 Å². The molecule has 1 aliphatic heterocycles. The van der Waals surface area contributed by atoms with Crippen LogP contribution in [0.5, 0.6) is 0 Å². The summed E-state index contributed by atoms with van der Waals surface area (Å²) in [5.41, 5.74) is 5.31. The molecule has 0 spiro atoms. The molecule has 106 valence electrons. The van der Waals surface area contributed by atoms with Crippen molar-refractivity contribution in [3.05, 3.63) is 0 Å². The van der Waals surface area contributed by atoms with Gasteiger partial charge in [0.05, 0.1) is 12.7 Å². The first-order valence-electron chi connectivity index (χ1n) is 6.42. The summed E-state index contributed by atoms with van der Waals surface area (Å²) in [6.07, 6.45) is 3.82. The molecule has 1 saturated heterocycles. The summed E-state index contributed by atoms with van der Waals surface area (Å²) < 4.78 is 16.3. The summed E-state index contributed by atoms with van der Waals surface area (Å²) >= 11 is 0. The monoisotopic (exact) mass is 261 g/mol. The molecule has 2 unspecified atom stereocenters. The summed E-state index contributed by atoms with van der Waals surface area (Å²) in [4.78, 5) is 10.4. The zero-order valence-corrected chi connectivity index (χ0v) is 10.8. The van der Waals surface area contributed by atoms with Crippen LogP contribution in [0.25, 0.3) is 0 Å². The zero-order valence-electron chi connectivity index (χ0n) is 10.8. The summed E-state index contributed by atoms with van der Waals surface area (Å²) in [7, 11) is 0. The smallest absolute Gasteiger partial charge is 0.322 e. The van der Waals surface area contributed by atoms with Crippen LogP contribution in [0.4, 0.5) is 0 Å². The van der Waals surface area contributed by atoms with E-state index in [1.807, 2.05) is 6.92 Å². The lowest BCUT2D eigenvalue weighted by atomic mass is 10.2. The number of rotatable bonds is 8. The van der Waals surface area contributed by atoms with Gasteiger partial charge < -0.3 is 25.1 Å². The average Bonchev–Trinajstić information content (AvgIpc) is 2.35. The van der Waals surface area contributed by atoms with Crippen LogP contribution in [0, 0.1) is 0 Å². The molecule has 0 aromatic heterocycles. The number of hydrogen-bond acceptors (Lipinski definition) is 5. The van der Waals surface area contributed by atoms with E-state index < -0.39 is 12.0 Å². The Balaban J connectivity index is 2.02. The summed E-state index contributed by atoms with van der Waals surface area (Å²) in [5, 5.41) is 8.56. The molecule has 0 aromatic rings. The number of ether oxygens (including phenoxy) is 3. The molecule has 0 radical (unpaired) electrons. The Bertz CT molecular complexity index is 243. The molecule has 0 amide bonds. The Labute approximate surface area is 107 Å². The molecule has 0 aromatic carbocycles. The molecule has 1 aliphatic rings. The number of hydrogen-bond donors (Lipinski definition) is 2. The van der Waals surface area contributed by atoms with E-state index in [0.29, 0.717) is 13.0 Å². The van der Waals surface area contributed by atoms with Gasteiger partial charge in [0.2, 0.25) is 0 Å². The van der Waals surface area contributed by atoms with Crippen molar-refractivity contribution in [1.29, 1.82) is 0 Å². The van der Waals surface area contributed by atoms with Crippen LogP contribution in [-0.2, 0) is 19.0 Å². The van der Waals surface area contributed by atoms with Gasteiger partial charge in [-0.3, -0.25) is 4.79 Å². The molecule has 3 N–H and O–H groups in total. The van der Waals surface area contributed by atoms with Crippen LogP contribution in [0.3, 0.4) is 0 Å². The van der Waals surface area contributed by atoms with Gasteiger partial charge in [-0.25, -0.2) is 0 Å². The predicted octanol–water partition coefficient (Wildman–Crippen LogP) is 0.737. The number of carboxylic acid groups (broad SMARTS) is 1. The van der Waals surface area contributed by atoms with Crippen molar-refractivity contribution >= 4 is 5.97 Å². The fourth-order valence-corrected chi connectivity index (χ4v) is 1.68. The van der Waals surface area contributed by atoms with Gasteiger partial charge in [0, 0.05) is 13.2 Å². The second kappa shape index (κ2) is 8.42. The molecule has 1 heterocycles. The summed E-state index contributed by atoms with van der Waals surface area (Å²) in [6, 6.07) is -0.956. The Morgan fingerprint density at radius 3 is 2.94 bits per heavy atom. The number of carbonyl (C=O) groups is 1. The molecule has 1 rings (SSSR count). The number of aliphatic carboxylic acids is 1. The van der Waals surface area contributed by atoms with E-state index >= 15 is 0 Å². The molecule has 1 fully saturated rings. The van der Waals surface area contributed by atoms with Crippen molar-refractivity contribution in [2.45, 2.75) is 51.0 Å². The minimum absolute atomic E-state index is 0.0297. The van der Waals surface area contributed by atoms with Crippen LogP contribution in [0.1, 0.15) is 32.6 Å². The average molecular weight is 261 g/mol. The third-order valence-electron chi connectivity index (χ3n) is 2.81. The number of carboxylic acids is 1. The molecule has 6 heteroatoms. The number of nitrogens with two attached hydrogens (primary N) is 1. The van der Waals surface area contributed by atoms with Crippen LogP contribution in [-0.4, -0.2) is 49.3 Å². The molecule has 0 bridgehead atoms. The SMILES string of the molecule is C[C@H](CCOCC(N)C(=O)O)OC1CCCCO1. The zero-order chi connectivity index (χ0) is 13.4. The van der Waals surface area contributed by atoms with Crippen molar-refractivity contribution in [3.8, 4) is 0 Å². The van der Waals surface area contributed by atoms with Crippen molar-refractivity contribution < 1.29 is 24.1 Å². The van der Waals surface area contributed by atoms with E-state index in [1.165, 1.54) is 0 Å². The van der Waals surface area contributed by atoms with E-state index in [2.05, 4.69) is 0 Å². The first-order valence-corrected chi connectivity index (χ1v) is 6.42.